The van der Waals surface area contributed by atoms with Crippen molar-refractivity contribution in [3.63, 3.8) is 0 Å². The first-order chi connectivity index (χ1) is 9.22. The van der Waals surface area contributed by atoms with Gasteiger partial charge in [0.2, 0.25) is 0 Å². The molecule has 0 saturated carbocycles. The molecule has 3 rings (SSSR count). The maximum Gasteiger partial charge on any atom is 0.0954 e. The van der Waals surface area contributed by atoms with Gasteiger partial charge >= 0.3 is 0 Å². The quantitative estimate of drug-likeness (QED) is 0.883. The fraction of sp³-hybridized carbons (Fsp3) is 0.625. The average Bonchev–Trinajstić information content (AvgIpc) is 2.38. The van der Waals surface area contributed by atoms with Gasteiger partial charge in [0.15, 0.2) is 0 Å². The number of fused-ring (bicyclic) bond motifs is 1. The van der Waals surface area contributed by atoms with E-state index in [-0.39, 0.29) is 6.10 Å². The highest BCUT2D eigenvalue weighted by Gasteiger charge is 2.27. The predicted molar refractivity (Wildman–Crippen MR) is 77.0 cm³/mol. The number of ether oxygens (including phenoxy) is 1. The Labute approximate surface area is 115 Å². The molecular formula is C16H24N2O. The van der Waals surface area contributed by atoms with Crippen LogP contribution < -0.4 is 5.73 Å². The third-order valence-electron chi connectivity index (χ3n) is 4.28. The minimum Gasteiger partial charge on any atom is -0.372 e. The molecule has 3 nitrogen and oxygen atoms in total. The van der Waals surface area contributed by atoms with Crippen LogP contribution in [0.15, 0.2) is 24.3 Å². The third kappa shape index (κ3) is 2.99. The SMILES string of the molecule is CC1CC(N)CN(CC2OCCc3ccccc32)C1. The summed E-state index contributed by atoms with van der Waals surface area (Å²) in [5.74, 6) is 0.697. The molecule has 2 heterocycles. The molecule has 3 heteroatoms. The van der Waals surface area contributed by atoms with Crippen molar-refractivity contribution in [2.24, 2.45) is 11.7 Å². The van der Waals surface area contributed by atoms with Crippen LogP contribution in [0.4, 0.5) is 0 Å². The van der Waals surface area contributed by atoms with Crippen LogP contribution in [0, 0.1) is 5.92 Å². The van der Waals surface area contributed by atoms with E-state index in [1.807, 2.05) is 0 Å². The Kier molecular flexibility index (Phi) is 3.87. The molecule has 0 spiro atoms. The van der Waals surface area contributed by atoms with Gasteiger partial charge in [-0.15, -0.1) is 0 Å². The average molecular weight is 260 g/mol. The fourth-order valence-electron chi connectivity index (χ4n) is 3.52. The topological polar surface area (TPSA) is 38.5 Å². The molecular weight excluding hydrogens is 236 g/mol. The number of hydrogen-bond acceptors (Lipinski definition) is 3. The standard InChI is InChI=1S/C16H24N2O/c1-12-8-14(17)10-18(9-12)11-16-15-5-3-2-4-13(15)6-7-19-16/h2-5,12,14,16H,6-11,17H2,1H3. The Bertz CT molecular complexity index is 425. The van der Waals surface area contributed by atoms with Crippen molar-refractivity contribution < 1.29 is 4.74 Å². The van der Waals surface area contributed by atoms with Gasteiger partial charge in [0.25, 0.3) is 0 Å². The largest absolute Gasteiger partial charge is 0.372 e. The van der Waals surface area contributed by atoms with E-state index in [1.54, 1.807) is 0 Å². The van der Waals surface area contributed by atoms with E-state index in [0.717, 1.165) is 39.1 Å². The minimum atomic E-state index is 0.224. The highest BCUT2D eigenvalue weighted by Crippen LogP contribution is 2.28. The normalized spacial score (nSPS) is 32.0. The van der Waals surface area contributed by atoms with Crippen molar-refractivity contribution in [3.8, 4) is 0 Å². The van der Waals surface area contributed by atoms with E-state index < -0.39 is 0 Å². The van der Waals surface area contributed by atoms with Crippen molar-refractivity contribution in [1.29, 1.82) is 0 Å². The number of likely N-dealkylation sites (tertiary alicyclic amines) is 1. The molecule has 0 aliphatic carbocycles. The van der Waals surface area contributed by atoms with E-state index in [1.165, 1.54) is 11.1 Å². The van der Waals surface area contributed by atoms with Gasteiger partial charge in [0.05, 0.1) is 12.7 Å². The van der Waals surface area contributed by atoms with Crippen molar-refractivity contribution in [2.45, 2.75) is 31.9 Å². The van der Waals surface area contributed by atoms with Crippen LogP contribution in [0.5, 0.6) is 0 Å². The highest BCUT2D eigenvalue weighted by molar-refractivity contribution is 5.31. The summed E-state index contributed by atoms with van der Waals surface area (Å²) in [5, 5.41) is 0. The second-order valence-corrected chi connectivity index (χ2v) is 6.13. The molecule has 0 radical (unpaired) electrons. The summed E-state index contributed by atoms with van der Waals surface area (Å²) in [5.41, 5.74) is 8.96. The van der Waals surface area contributed by atoms with Gasteiger partial charge in [0.1, 0.15) is 0 Å². The van der Waals surface area contributed by atoms with E-state index >= 15 is 0 Å². The van der Waals surface area contributed by atoms with E-state index in [2.05, 4.69) is 36.1 Å². The monoisotopic (exact) mass is 260 g/mol. The lowest BCUT2D eigenvalue weighted by atomic mass is 9.94. The first-order valence-electron chi connectivity index (χ1n) is 7.39. The zero-order chi connectivity index (χ0) is 13.2. The Morgan fingerprint density at radius 3 is 3.00 bits per heavy atom. The lowest BCUT2D eigenvalue weighted by Gasteiger charge is -2.38. The van der Waals surface area contributed by atoms with Crippen molar-refractivity contribution in [2.75, 3.05) is 26.2 Å². The first kappa shape index (κ1) is 13.1. The lowest BCUT2D eigenvalue weighted by Crippen LogP contribution is -2.48. The van der Waals surface area contributed by atoms with Gasteiger partial charge in [-0.25, -0.2) is 0 Å². The maximum absolute atomic E-state index is 6.13. The summed E-state index contributed by atoms with van der Waals surface area (Å²) in [6, 6.07) is 9.01. The molecule has 2 aliphatic heterocycles. The van der Waals surface area contributed by atoms with Crippen LogP contribution in [-0.4, -0.2) is 37.2 Å². The number of hydrogen-bond donors (Lipinski definition) is 1. The van der Waals surface area contributed by atoms with Crippen LogP contribution in [0.3, 0.4) is 0 Å². The van der Waals surface area contributed by atoms with Crippen LogP contribution in [0.2, 0.25) is 0 Å². The summed E-state index contributed by atoms with van der Waals surface area (Å²) in [4.78, 5) is 2.48. The Morgan fingerprint density at radius 2 is 2.16 bits per heavy atom. The van der Waals surface area contributed by atoms with E-state index in [0.29, 0.717) is 12.0 Å². The van der Waals surface area contributed by atoms with Gasteiger partial charge in [-0.3, -0.25) is 4.90 Å². The molecule has 3 atom stereocenters. The van der Waals surface area contributed by atoms with Crippen LogP contribution in [0.25, 0.3) is 0 Å². The highest BCUT2D eigenvalue weighted by atomic mass is 16.5. The summed E-state index contributed by atoms with van der Waals surface area (Å²) in [6.07, 6.45) is 2.42. The van der Waals surface area contributed by atoms with Gasteiger partial charge in [-0.1, -0.05) is 31.2 Å². The Balaban J connectivity index is 1.70. The number of rotatable bonds is 2. The van der Waals surface area contributed by atoms with Gasteiger partial charge in [0, 0.05) is 25.7 Å². The molecule has 19 heavy (non-hydrogen) atoms. The zero-order valence-corrected chi connectivity index (χ0v) is 11.7. The molecule has 1 saturated heterocycles. The van der Waals surface area contributed by atoms with Crippen molar-refractivity contribution in [1.82, 2.24) is 4.90 Å². The molecule has 1 aromatic carbocycles. The third-order valence-corrected chi connectivity index (χ3v) is 4.28. The number of benzene rings is 1. The molecule has 0 amide bonds. The number of piperidine rings is 1. The maximum atomic E-state index is 6.13. The molecule has 3 unspecified atom stereocenters. The summed E-state index contributed by atoms with van der Waals surface area (Å²) in [7, 11) is 0. The van der Waals surface area contributed by atoms with E-state index in [9.17, 15) is 0 Å². The second kappa shape index (κ2) is 5.61. The minimum absolute atomic E-state index is 0.224. The van der Waals surface area contributed by atoms with Crippen molar-refractivity contribution >= 4 is 0 Å². The number of nitrogens with two attached hydrogens (primary N) is 1. The predicted octanol–water partition coefficient (Wildman–Crippen LogP) is 1.97. The molecule has 0 aromatic heterocycles. The summed E-state index contributed by atoms with van der Waals surface area (Å²) in [6.45, 7) is 6.27. The fourth-order valence-corrected chi connectivity index (χ4v) is 3.52. The van der Waals surface area contributed by atoms with Gasteiger partial charge in [-0.05, 0) is 29.9 Å². The smallest absolute Gasteiger partial charge is 0.0954 e. The molecule has 2 aliphatic rings. The molecule has 1 aromatic rings. The van der Waals surface area contributed by atoms with Gasteiger partial charge < -0.3 is 10.5 Å². The first-order valence-corrected chi connectivity index (χ1v) is 7.39. The zero-order valence-electron chi connectivity index (χ0n) is 11.7. The van der Waals surface area contributed by atoms with Crippen molar-refractivity contribution in [3.05, 3.63) is 35.4 Å². The molecule has 1 fully saturated rings. The second-order valence-electron chi connectivity index (χ2n) is 6.13. The summed E-state index contributed by atoms with van der Waals surface area (Å²) < 4.78 is 6.00. The van der Waals surface area contributed by atoms with E-state index in [4.69, 9.17) is 10.5 Å². The molecule has 2 N–H and O–H groups in total. The van der Waals surface area contributed by atoms with Crippen LogP contribution >= 0.6 is 0 Å². The van der Waals surface area contributed by atoms with Crippen LogP contribution in [-0.2, 0) is 11.2 Å². The van der Waals surface area contributed by atoms with Gasteiger partial charge in [-0.2, -0.15) is 0 Å². The number of nitrogens with zero attached hydrogens (tertiary/aromatic N) is 1. The summed E-state index contributed by atoms with van der Waals surface area (Å²) >= 11 is 0. The lowest BCUT2D eigenvalue weighted by molar-refractivity contribution is 0.00557. The van der Waals surface area contributed by atoms with Crippen LogP contribution in [0.1, 0.15) is 30.6 Å². The Hall–Kier alpha value is -0.900. The molecule has 0 bridgehead atoms. The Morgan fingerprint density at radius 1 is 1.32 bits per heavy atom. The molecule has 104 valence electrons.